The van der Waals surface area contributed by atoms with E-state index in [-0.39, 0.29) is 6.61 Å². The molecule has 0 aliphatic rings. The first kappa shape index (κ1) is 19.5. The van der Waals surface area contributed by atoms with Gasteiger partial charge in [-0.3, -0.25) is 4.90 Å². The molecule has 1 aromatic rings. The van der Waals surface area contributed by atoms with Crippen LogP contribution in [0.3, 0.4) is 0 Å². The Kier molecular flexibility index (Phi) is 6.35. The number of ether oxygens (including phenoxy) is 1. The summed E-state index contributed by atoms with van der Waals surface area (Å²) in [5.41, 5.74) is 2.00. The van der Waals surface area contributed by atoms with Gasteiger partial charge in [0, 0.05) is 6.08 Å². The number of carbonyl (C=O) groups is 2. The maximum Gasteiger partial charge on any atom is 0.408 e. The fourth-order valence-corrected chi connectivity index (χ4v) is 2.62. The Balaban J connectivity index is 3.07. The van der Waals surface area contributed by atoms with E-state index in [1.54, 1.807) is 6.92 Å². The van der Waals surface area contributed by atoms with Crippen molar-refractivity contribution in [2.24, 2.45) is 0 Å². The second kappa shape index (κ2) is 7.81. The maximum absolute atomic E-state index is 11.8. The molecule has 1 rings (SSSR count). The molecule has 0 saturated carbocycles. The van der Waals surface area contributed by atoms with Crippen LogP contribution in [0.15, 0.2) is 43.5 Å². The summed E-state index contributed by atoms with van der Waals surface area (Å²) in [6.45, 7) is 14.4. The van der Waals surface area contributed by atoms with E-state index in [0.29, 0.717) is 0 Å². The van der Waals surface area contributed by atoms with E-state index in [9.17, 15) is 14.7 Å². The molecule has 130 valence electrons. The molecule has 5 nitrogen and oxygen atoms in total. The van der Waals surface area contributed by atoms with E-state index in [1.807, 2.05) is 45.0 Å². The van der Waals surface area contributed by atoms with Crippen molar-refractivity contribution in [2.45, 2.75) is 39.3 Å². The van der Waals surface area contributed by atoms with Crippen LogP contribution in [0, 0.1) is 0 Å². The number of nitrogens with zero attached hydrogens (tertiary/aromatic N) is 1. The Hall–Kier alpha value is -2.56. The number of esters is 1. The summed E-state index contributed by atoms with van der Waals surface area (Å²) in [6, 6.07) is 7.11. The van der Waals surface area contributed by atoms with Crippen LogP contribution in [0.5, 0.6) is 0 Å². The zero-order valence-corrected chi connectivity index (χ0v) is 14.7. The molecule has 0 aliphatic heterocycles. The zero-order valence-electron chi connectivity index (χ0n) is 14.7. The fourth-order valence-electron chi connectivity index (χ4n) is 2.62. The van der Waals surface area contributed by atoms with Gasteiger partial charge in [0.2, 0.25) is 0 Å². The van der Waals surface area contributed by atoms with Crippen LogP contribution in [-0.4, -0.2) is 34.7 Å². The maximum atomic E-state index is 11.8. The average molecular weight is 331 g/mol. The first-order valence-corrected chi connectivity index (χ1v) is 7.69. The quantitative estimate of drug-likeness (QED) is 0.604. The first-order valence-electron chi connectivity index (χ1n) is 7.69. The Bertz CT molecular complexity index is 631. The molecule has 0 spiro atoms. The highest BCUT2D eigenvalue weighted by atomic mass is 16.5. The van der Waals surface area contributed by atoms with Crippen molar-refractivity contribution in [3.8, 4) is 0 Å². The molecule has 0 aromatic heterocycles. The minimum absolute atomic E-state index is 0.0373. The average Bonchev–Trinajstić information content (AvgIpc) is 2.52. The number of carboxylic acid groups (broad SMARTS) is 1. The Morgan fingerprint density at radius 2 is 1.88 bits per heavy atom. The minimum atomic E-state index is -1.08. The van der Waals surface area contributed by atoms with Gasteiger partial charge in [-0.05, 0) is 38.8 Å². The largest absolute Gasteiger partial charge is 0.465 e. The van der Waals surface area contributed by atoms with Gasteiger partial charge in [0.1, 0.15) is 6.61 Å². The van der Waals surface area contributed by atoms with Crippen LogP contribution >= 0.6 is 0 Å². The molecule has 1 aromatic carbocycles. The lowest BCUT2D eigenvalue weighted by atomic mass is 9.90. The van der Waals surface area contributed by atoms with Gasteiger partial charge in [-0.2, -0.15) is 0 Å². The molecule has 1 unspecified atom stereocenters. The topological polar surface area (TPSA) is 66.8 Å². The number of rotatable bonds is 7. The summed E-state index contributed by atoms with van der Waals surface area (Å²) in [5.74, 6) is -0.573. The van der Waals surface area contributed by atoms with Gasteiger partial charge in [0.25, 0.3) is 0 Å². The van der Waals surface area contributed by atoms with Crippen LogP contribution in [0.4, 0.5) is 4.79 Å². The normalized spacial score (nSPS) is 12.2. The van der Waals surface area contributed by atoms with Gasteiger partial charge < -0.3 is 9.84 Å². The molecule has 1 atom stereocenters. The van der Waals surface area contributed by atoms with Crippen molar-refractivity contribution >= 4 is 17.6 Å². The van der Waals surface area contributed by atoms with Gasteiger partial charge in [-0.25, -0.2) is 9.59 Å². The minimum Gasteiger partial charge on any atom is -0.465 e. The summed E-state index contributed by atoms with van der Waals surface area (Å²) < 4.78 is 4.99. The second-order valence-corrected chi connectivity index (χ2v) is 6.25. The van der Waals surface area contributed by atoms with Crippen molar-refractivity contribution in [1.82, 2.24) is 4.90 Å². The molecule has 0 saturated heterocycles. The molecule has 1 amide bonds. The van der Waals surface area contributed by atoms with E-state index in [1.165, 1.54) is 4.90 Å². The second-order valence-electron chi connectivity index (χ2n) is 6.25. The van der Waals surface area contributed by atoms with Crippen LogP contribution in [0.25, 0.3) is 5.57 Å². The van der Waals surface area contributed by atoms with Crippen LogP contribution in [0.2, 0.25) is 0 Å². The van der Waals surface area contributed by atoms with Crippen molar-refractivity contribution in [1.29, 1.82) is 0 Å². The third-order valence-electron chi connectivity index (χ3n) is 3.97. The predicted octanol–water partition coefficient (Wildman–Crippen LogP) is 4.05. The molecule has 0 heterocycles. The Morgan fingerprint density at radius 3 is 2.29 bits per heavy atom. The van der Waals surface area contributed by atoms with Crippen molar-refractivity contribution < 1.29 is 19.4 Å². The first-order chi connectivity index (χ1) is 11.1. The summed E-state index contributed by atoms with van der Waals surface area (Å²) in [6.07, 6.45) is -0.0228. The number of carbonyl (C=O) groups excluding carboxylic acids is 1. The fraction of sp³-hybridized carbons (Fsp3) is 0.368. The van der Waals surface area contributed by atoms with Crippen molar-refractivity contribution in [3.63, 3.8) is 0 Å². The van der Waals surface area contributed by atoms with E-state index in [0.717, 1.165) is 22.8 Å². The standard InChI is InChI=1S/C19H25NO4/c1-7-17(21)24-12-14(4)20(18(22)23)19(5,6)16-10-8-15(9-11-16)13(2)3/h7-11,14H,1-2,12H2,3-6H3,(H,22,23). The highest BCUT2D eigenvalue weighted by Gasteiger charge is 2.36. The molecule has 5 heteroatoms. The van der Waals surface area contributed by atoms with Crippen LogP contribution < -0.4 is 0 Å². The third-order valence-corrected chi connectivity index (χ3v) is 3.97. The van der Waals surface area contributed by atoms with Gasteiger partial charge in [-0.15, -0.1) is 0 Å². The number of amides is 1. The lowest BCUT2D eigenvalue weighted by Gasteiger charge is -2.40. The predicted molar refractivity (Wildman–Crippen MR) is 94.7 cm³/mol. The zero-order chi connectivity index (χ0) is 18.5. The lowest BCUT2D eigenvalue weighted by Crippen LogP contribution is -2.51. The van der Waals surface area contributed by atoms with Gasteiger partial charge in [0.05, 0.1) is 11.6 Å². The molecule has 0 radical (unpaired) electrons. The molecule has 24 heavy (non-hydrogen) atoms. The molecular formula is C19H25NO4. The summed E-state index contributed by atoms with van der Waals surface area (Å²) in [7, 11) is 0. The van der Waals surface area contributed by atoms with Crippen LogP contribution in [-0.2, 0) is 15.1 Å². The smallest absolute Gasteiger partial charge is 0.408 e. The molecular weight excluding hydrogens is 306 g/mol. The van der Waals surface area contributed by atoms with E-state index in [4.69, 9.17) is 4.74 Å². The molecule has 0 fully saturated rings. The van der Waals surface area contributed by atoms with Gasteiger partial charge in [-0.1, -0.05) is 43.0 Å². The highest BCUT2D eigenvalue weighted by molar-refractivity contribution is 5.81. The number of allylic oxidation sites excluding steroid dienone is 1. The third kappa shape index (κ3) is 4.47. The number of hydrogen-bond donors (Lipinski definition) is 1. The van der Waals surface area contributed by atoms with Gasteiger partial charge >= 0.3 is 12.1 Å². The van der Waals surface area contributed by atoms with E-state index >= 15 is 0 Å². The van der Waals surface area contributed by atoms with Gasteiger partial charge in [0.15, 0.2) is 0 Å². The molecule has 0 bridgehead atoms. The summed E-state index contributed by atoms with van der Waals surface area (Å²) in [5, 5.41) is 9.66. The number of hydrogen-bond acceptors (Lipinski definition) is 3. The Labute approximate surface area is 143 Å². The number of benzene rings is 1. The van der Waals surface area contributed by atoms with Crippen LogP contribution in [0.1, 0.15) is 38.8 Å². The van der Waals surface area contributed by atoms with E-state index in [2.05, 4.69) is 13.2 Å². The summed E-state index contributed by atoms with van der Waals surface area (Å²) >= 11 is 0. The Morgan fingerprint density at radius 1 is 1.33 bits per heavy atom. The molecule has 1 N–H and O–H groups in total. The van der Waals surface area contributed by atoms with Crippen molar-refractivity contribution in [3.05, 3.63) is 54.6 Å². The van der Waals surface area contributed by atoms with Crippen molar-refractivity contribution in [2.75, 3.05) is 6.61 Å². The highest BCUT2D eigenvalue weighted by Crippen LogP contribution is 2.31. The SMILES string of the molecule is C=CC(=O)OCC(C)N(C(=O)O)C(C)(C)c1ccc(C(=C)C)cc1. The summed E-state index contributed by atoms with van der Waals surface area (Å²) in [4.78, 5) is 24.3. The van der Waals surface area contributed by atoms with E-state index < -0.39 is 23.6 Å². The monoisotopic (exact) mass is 331 g/mol. The lowest BCUT2D eigenvalue weighted by molar-refractivity contribution is -0.139. The molecule has 0 aliphatic carbocycles.